The summed E-state index contributed by atoms with van der Waals surface area (Å²) in [5, 5.41) is 0. The molecule has 1 aliphatic carbocycles. The van der Waals surface area contributed by atoms with Gasteiger partial charge in [-0.25, -0.2) is 0 Å². The van der Waals surface area contributed by atoms with Gasteiger partial charge >= 0.3 is 0 Å². The summed E-state index contributed by atoms with van der Waals surface area (Å²) in [6.07, 6.45) is 2.58. The topological polar surface area (TPSA) is 9.23 Å². The molecular weight excluding hydrogens is 332 g/mol. The second kappa shape index (κ2) is 4.69. The fraction of sp³-hybridized carbons (Fsp3) is 0.538. The van der Waals surface area contributed by atoms with E-state index in [2.05, 4.69) is 45.7 Å². The molecule has 0 amide bonds. The van der Waals surface area contributed by atoms with Gasteiger partial charge in [0.15, 0.2) is 0 Å². The molecule has 0 aromatic heterocycles. The molecule has 0 spiro atoms. The zero-order chi connectivity index (χ0) is 11.8. The normalized spacial score (nSPS) is 33.2. The largest absolute Gasteiger partial charge is 0.490 e. The lowest BCUT2D eigenvalue weighted by atomic mass is 9.65. The first-order chi connectivity index (χ1) is 7.56. The molecule has 1 aromatic carbocycles. The van der Waals surface area contributed by atoms with Gasteiger partial charge in [-0.15, -0.1) is 0 Å². The highest BCUT2D eigenvalue weighted by atomic mass is 79.9. The summed E-state index contributed by atoms with van der Waals surface area (Å²) in [6.45, 7) is 4.52. The molecule has 16 heavy (non-hydrogen) atoms. The Morgan fingerprint density at radius 3 is 2.50 bits per heavy atom. The van der Waals surface area contributed by atoms with Gasteiger partial charge < -0.3 is 4.74 Å². The third-order valence-electron chi connectivity index (χ3n) is 3.73. The van der Waals surface area contributed by atoms with Crippen LogP contribution in [0.5, 0.6) is 5.75 Å². The van der Waals surface area contributed by atoms with Crippen LogP contribution in [0.15, 0.2) is 28.7 Å². The van der Waals surface area contributed by atoms with E-state index in [1.807, 2.05) is 24.3 Å². The van der Waals surface area contributed by atoms with E-state index in [0.717, 1.165) is 23.1 Å². The Morgan fingerprint density at radius 2 is 2.00 bits per heavy atom. The lowest BCUT2D eigenvalue weighted by Gasteiger charge is -2.50. The lowest BCUT2D eigenvalue weighted by Crippen LogP contribution is -2.54. The standard InChI is InChI=1S/C13H16Br2O/c1-3-13(2)11(15)8-12(13)16-10-6-4-9(14)5-7-10/h4-7,11-12H,3,8H2,1-2H3. The average Bonchev–Trinajstić information content (AvgIpc) is 2.30. The summed E-state index contributed by atoms with van der Waals surface area (Å²) < 4.78 is 7.12. The third-order valence-corrected chi connectivity index (χ3v) is 5.67. The molecule has 0 heterocycles. The monoisotopic (exact) mass is 346 g/mol. The lowest BCUT2D eigenvalue weighted by molar-refractivity contribution is -0.0243. The number of ether oxygens (including phenoxy) is 1. The molecule has 3 heteroatoms. The van der Waals surface area contributed by atoms with Crippen molar-refractivity contribution < 1.29 is 4.74 Å². The first-order valence-corrected chi connectivity index (χ1v) is 7.33. The van der Waals surface area contributed by atoms with Crippen molar-refractivity contribution in [3.63, 3.8) is 0 Å². The van der Waals surface area contributed by atoms with E-state index < -0.39 is 0 Å². The molecule has 0 bridgehead atoms. The molecule has 1 nitrogen and oxygen atoms in total. The van der Waals surface area contributed by atoms with Crippen molar-refractivity contribution in [2.75, 3.05) is 0 Å². The van der Waals surface area contributed by atoms with Crippen molar-refractivity contribution in [2.45, 2.75) is 37.6 Å². The Hall–Kier alpha value is -0.0200. The molecule has 0 radical (unpaired) electrons. The molecule has 1 aliphatic rings. The first-order valence-electron chi connectivity index (χ1n) is 5.62. The number of benzene rings is 1. The fourth-order valence-corrected chi connectivity index (χ4v) is 3.30. The number of hydrogen-bond donors (Lipinski definition) is 0. The van der Waals surface area contributed by atoms with Gasteiger partial charge in [0, 0.05) is 14.7 Å². The highest BCUT2D eigenvalue weighted by molar-refractivity contribution is 9.10. The highest BCUT2D eigenvalue weighted by Crippen LogP contribution is 2.50. The highest BCUT2D eigenvalue weighted by Gasteiger charge is 2.50. The van der Waals surface area contributed by atoms with E-state index in [9.17, 15) is 0 Å². The number of alkyl halides is 1. The van der Waals surface area contributed by atoms with Crippen LogP contribution in [0, 0.1) is 5.41 Å². The fourth-order valence-electron chi connectivity index (χ4n) is 2.08. The van der Waals surface area contributed by atoms with Crippen LogP contribution in [-0.4, -0.2) is 10.9 Å². The van der Waals surface area contributed by atoms with Crippen LogP contribution in [-0.2, 0) is 0 Å². The van der Waals surface area contributed by atoms with Crippen LogP contribution in [0.25, 0.3) is 0 Å². The summed E-state index contributed by atoms with van der Waals surface area (Å²) in [5.41, 5.74) is 0.271. The Morgan fingerprint density at radius 1 is 1.38 bits per heavy atom. The minimum absolute atomic E-state index is 0.271. The molecule has 1 aromatic rings. The van der Waals surface area contributed by atoms with Crippen LogP contribution in [0.3, 0.4) is 0 Å². The van der Waals surface area contributed by atoms with Gasteiger partial charge in [0.05, 0.1) is 0 Å². The van der Waals surface area contributed by atoms with E-state index in [0.29, 0.717) is 10.9 Å². The van der Waals surface area contributed by atoms with Crippen molar-refractivity contribution in [3.8, 4) is 5.75 Å². The Kier molecular flexibility index (Phi) is 3.65. The second-order valence-corrected chi connectivity index (χ2v) is 6.64. The Labute approximate surface area is 114 Å². The van der Waals surface area contributed by atoms with Crippen LogP contribution in [0.1, 0.15) is 26.7 Å². The average molecular weight is 348 g/mol. The van der Waals surface area contributed by atoms with Crippen LogP contribution < -0.4 is 4.74 Å². The van der Waals surface area contributed by atoms with Gasteiger partial charge in [-0.1, -0.05) is 45.7 Å². The van der Waals surface area contributed by atoms with Crippen molar-refractivity contribution in [3.05, 3.63) is 28.7 Å². The number of halogens is 2. The zero-order valence-corrected chi connectivity index (χ0v) is 12.7. The summed E-state index contributed by atoms with van der Waals surface area (Å²) in [7, 11) is 0. The zero-order valence-electron chi connectivity index (χ0n) is 9.54. The first kappa shape index (κ1) is 12.4. The maximum atomic E-state index is 6.03. The van der Waals surface area contributed by atoms with E-state index in [-0.39, 0.29) is 5.41 Å². The summed E-state index contributed by atoms with van der Waals surface area (Å²) in [4.78, 5) is 0.588. The quantitative estimate of drug-likeness (QED) is 0.715. The molecular formula is C13H16Br2O. The van der Waals surface area contributed by atoms with Gasteiger partial charge in [-0.2, -0.15) is 0 Å². The third kappa shape index (κ3) is 2.17. The van der Waals surface area contributed by atoms with E-state index in [4.69, 9.17) is 4.74 Å². The van der Waals surface area contributed by atoms with Crippen molar-refractivity contribution >= 4 is 31.9 Å². The van der Waals surface area contributed by atoms with Gasteiger partial charge in [0.2, 0.25) is 0 Å². The Balaban J connectivity index is 2.04. The van der Waals surface area contributed by atoms with Crippen LogP contribution in [0.4, 0.5) is 0 Å². The van der Waals surface area contributed by atoms with Gasteiger partial charge in [0.25, 0.3) is 0 Å². The van der Waals surface area contributed by atoms with Crippen molar-refractivity contribution in [1.29, 1.82) is 0 Å². The van der Waals surface area contributed by atoms with Crippen LogP contribution >= 0.6 is 31.9 Å². The minimum Gasteiger partial charge on any atom is -0.490 e. The summed E-state index contributed by atoms with van der Waals surface area (Å²) in [6, 6.07) is 8.06. The summed E-state index contributed by atoms with van der Waals surface area (Å²) in [5.74, 6) is 0.965. The van der Waals surface area contributed by atoms with Crippen molar-refractivity contribution in [1.82, 2.24) is 0 Å². The Bertz CT molecular complexity index is 363. The van der Waals surface area contributed by atoms with Crippen LogP contribution in [0.2, 0.25) is 0 Å². The molecule has 3 unspecified atom stereocenters. The minimum atomic E-state index is 0.271. The molecule has 0 N–H and O–H groups in total. The molecule has 0 aliphatic heterocycles. The van der Waals surface area contributed by atoms with E-state index >= 15 is 0 Å². The summed E-state index contributed by atoms with van der Waals surface area (Å²) >= 11 is 7.15. The molecule has 2 rings (SSSR count). The maximum absolute atomic E-state index is 6.03. The number of rotatable bonds is 3. The predicted molar refractivity (Wildman–Crippen MR) is 74.3 cm³/mol. The SMILES string of the molecule is CCC1(C)C(Br)CC1Oc1ccc(Br)cc1. The smallest absolute Gasteiger partial charge is 0.119 e. The van der Waals surface area contributed by atoms with E-state index in [1.54, 1.807) is 0 Å². The number of hydrogen-bond acceptors (Lipinski definition) is 1. The van der Waals surface area contributed by atoms with Gasteiger partial charge in [-0.3, -0.25) is 0 Å². The predicted octanol–water partition coefficient (Wildman–Crippen LogP) is 4.78. The second-order valence-electron chi connectivity index (χ2n) is 4.62. The van der Waals surface area contributed by atoms with Crippen molar-refractivity contribution in [2.24, 2.45) is 5.41 Å². The van der Waals surface area contributed by atoms with E-state index in [1.165, 1.54) is 0 Å². The molecule has 3 atom stereocenters. The maximum Gasteiger partial charge on any atom is 0.119 e. The molecule has 0 saturated heterocycles. The van der Waals surface area contributed by atoms with Gasteiger partial charge in [-0.05, 0) is 37.1 Å². The molecule has 1 fully saturated rings. The molecule has 88 valence electrons. The molecule has 1 saturated carbocycles. The van der Waals surface area contributed by atoms with Gasteiger partial charge in [0.1, 0.15) is 11.9 Å².